The quantitative estimate of drug-likeness (QED) is 0.897. The third-order valence-electron chi connectivity index (χ3n) is 2.62. The fraction of sp³-hybridized carbons (Fsp3) is 0.455. The summed E-state index contributed by atoms with van der Waals surface area (Å²) in [6, 6.07) is 5.77. The van der Waals surface area contributed by atoms with Gasteiger partial charge in [-0.25, -0.2) is 0 Å². The van der Waals surface area contributed by atoms with Crippen molar-refractivity contribution in [1.29, 1.82) is 0 Å². The number of rotatable bonds is 3. The van der Waals surface area contributed by atoms with Crippen LogP contribution >= 0.6 is 27.5 Å². The normalized spacial score (nSPS) is 24.9. The van der Waals surface area contributed by atoms with E-state index < -0.39 is 6.10 Å². The Morgan fingerprint density at radius 1 is 1.50 bits per heavy atom. The largest absolute Gasteiger partial charge is 0.389 e. The molecule has 2 N–H and O–H groups in total. The summed E-state index contributed by atoms with van der Waals surface area (Å²) in [5.41, 5.74) is 1.02. The average Bonchev–Trinajstić information content (AvgIpc) is 2.63. The maximum Gasteiger partial charge on any atom is 0.0948 e. The highest BCUT2D eigenvalue weighted by Crippen LogP contribution is 2.21. The fourth-order valence-electron chi connectivity index (χ4n) is 1.64. The van der Waals surface area contributed by atoms with Crippen molar-refractivity contribution in [1.82, 2.24) is 5.32 Å². The molecule has 1 saturated heterocycles. The lowest BCUT2D eigenvalue weighted by Crippen LogP contribution is -2.38. The van der Waals surface area contributed by atoms with Crippen LogP contribution in [0.25, 0.3) is 0 Å². The summed E-state index contributed by atoms with van der Waals surface area (Å²) in [5, 5.41) is 13.5. The van der Waals surface area contributed by atoms with Gasteiger partial charge < -0.3 is 15.2 Å². The summed E-state index contributed by atoms with van der Waals surface area (Å²) in [5.74, 6) is 0. The van der Waals surface area contributed by atoms with E-state index in [4.69, 9.17) is 16.3 Å². The Hall–Kier alpha value is -0.130. The number of halogens is 2. The highest BCUT2D eigenvalue weighted by atomic mass is 79.9. The van der Waals surface area contributed by atoms with Crippen molar-refractivity contribution >= 4 is 27.5 Å². The Morgan fingerprint density at radius 3 is 2.94 bits per heavy atom. The van der Waals surface area contributed by atoms with Gasteiger partial charge in [-0.3, -0.25) is 0 Å². The second-order valence-corrected chi connectivity index (χ2v) is 5.15. The number of aliphatic hydroxyl groups is 1. The third kappa shape index (κ3) is 2.96. The van der Waals surface area contributed by atoms with Gasteiger partial charge in [0.05, 0.1) is 25.4 Å². The first kappa shape index (κ1) is 12.3. The van der Waals surface area contributed by atoms with Crippen LogP contribution in [0.3, 0.4) is 0 Å². The molecule has 0 spiro atoms. The molecular weight excluding hydrogens is 293 g/mol. The molecule has 1 fully saturated rings. The van der Waals surface area contributed by atoms with Gasteiger partial charge in [-0.05, 0) is 17.7 Å². The smallest absolute Gasteiger partial charge is 0.0948 e. The van der Waals surface area contributed by atoms with E-state index in [0.717, 1.165) is 15.1 Å². The van der Waals surface area contributed by atoms with E-state index in [1.165, 1.54) is 0 Å². The van der Waals surface area contributed by atoms with E-state index in [1.807, 2.05) is 18.2 Å². The van der Waals surface area contributed by atoms with Crippen molar-refractivity contribution in [2.45, 2.75) is 18.7 Å². The summed E-state index contributed by atoms with van der Waals surface area (Å²) in [6.07, 6.45) is -0.422. The molecule has 0 radical (unpaired) electrons. The van der Waals surface area contributed by atoms with Crippen LogP contribution in [0.5, 0.6) is 0 Å². The minimum atomic E-state index is -0.422. The van der Waals surface area contributed by atoms with Crippen molar-refractivity contribution in [3.8, 4) is 0 Å². The molecule has 88 valence electrons. The lowest BCUT2D eigenvalue weighted by atomic mass is 10.2. The van der Waals surface area contributed by atoms with Crippen LogP contribution in [0.4, 0.5) is 0 Å². The molecule has 1 aromatic carbocycles. The zero-order valence-electron chi connectivity index (χ0n) is 8.62. The van der Waals surface area contributed by atoms with Gasteiger partial charge in [0, 0.05) is 16.0 Å². The SMILES string of the molecule is OC1COCC1NCc1ccc(Br)cc1Cl. The number of benzene rings is 1. The zero-order chi connectivity index (χ0) is 11.5. The Kier molecular flexibility index (Phi) is 4.21. The fourth-order valence-corrected chi connectivity index (χ4v) is 2.38. The van der Waals surface area contributed by atoms with E-state index >= 15 is 0 Å². The second kappa shape index (κ2) is 5.47. The van der Waals surface area contributed by atoms with Gasteiger partial charge in [0.15, 0.2) is 0 Å². The molecule has 1 heterocycles. The van der Waals surface area contributed by atoms with Crippen LogP contribution in [-0.2, 0) is 11.3 Å². The minimum absolute atomic E-state index is 0.000265. The molecule has 16 heavy (non-hydrogen) atoms. The molecular formula is C11H13BrClNO2. The van der Waals surface area contributed by atoms with Crippen molar-refractivity contribution in [2.24, 2.45) is 0 Å². The number of ether oxygens (including phenoxy) is 1. The molecule has 0 aliphatic carbocycles. The molecule has 0 aromatic heterocycles. The van der Waals surface area contributed by atoms with Crippen LogP contribution in [0.15, 0.2) is 22.7 Å². The number of aliphatic hydroxyl groups excluding tert-OH is 1. The van der Waals surface area contributed by atoms with Gasteiger partial charge in [0.25, 0.3) is 0 Å². The summed E-state index contributed by atoms with van der Waals surface area (Å²) in [7, 11) is 0. The Bertz CT molecular complexity index is 375. The first-order chi connectivity index (χ1) is 7.66. The standard InChI is InChI=1S/C11H13BrClNO2/c12-8-2-1-7(9(13)3-8)4-14-10-5-16-6-11(10)15/h1-3,10-11,14-15H,4-6H2. The lowest BCUT2D eigenvalue weighted by molar-refractivity contribution is 0.122. The summed E-state index contributed by atoms with van der Waals surface area (Å²) >= 11 is 9.45. The molecule has 2 unspecified atom stereocenters. The van der Waals surface area contributed by atoms with E-state index in [9.17, 15) is 5.11 Å². The summed E-state index contributed by atoms with van der Waals surface area (Å²) < 4.78 is 6.12. The first-order valence-electron chi connectivity index (χ1n) is 5.10. The van der Waals surface area contributed by atoms with Crippen LogP contribution in [-0.4, -0.2) is 30.5 Å². The Balaban J connectivity index is 1.94. The molecule has 1 aliphatic heterocycles. The molecule has 0 saturated carbocycles. The van der Waals surface area contributed by atoms with Crippen LogP contribution in [0.2, 0.25) is 5.02 Å². The number of hydrogen-bond acceptors (Lipinski definition) is 3. The van der Waals surface area contributed by atoms with Gasteiger partial charge in [0.1, 0.15) is 0 Å². The highest BCUT2D eigenvalue weighted by Gasteiger charge is 2.25. The number of hydrogen-bond donors (Lipinski definition) is 2. The Labute approximate surface area is 108 Å². The molecule has 2 atom stereocenters. The molecule has 0 amide bonds. The van der Waals surface area contributed by atoms with Crippen molar-refractivity contribution in [3.63, 3.8) is 0 Å². The minimum Gasteiger partial charge on any atom is -0.389 e. The summed E-state index contributed by atoms with van der Waals surface area (Å²) in [6.45, 7) is 1.60. The predicted octanol–water partition coefficient (Wildman–Crippen LogP) is 1.95. The van der Waals surface area contributed by atoms with Crippen molar-refractivity contribution < 1.29 is 9.84 Å². The first-order valence-corrected chi connectivity index (χ1v) is 6.27. The molecule has 2 rings (SSSR count). The molecule has 5 heteroatoms. The van der Waals surface area contributed by atoms with Crippen LogP contribution in [0.1, 0.15) is 5.56 Å². The van der Waals surface area contributed by atoms with Gasteiger partial charge in [-0.1, -0.05) is 33.6 Å². The molecule has 1 aliphatic rings. The highest BCUT2D eigenvalue weighted by molar-refractivity contribution is 9.10. The molecule has 1 aromatic rings. The maximum absolute atomic E-state index is 9.55. The van der Waals surface area contributed by atoms with E-state index in [0.29, 0.717) is 19.8 Å². The van der Waals surface area contributed by atoms with Gasteiger partial charge in [0.2, 0.25) is 0 Å². The van der Waals surface area contributed by atoms with Crippen LogP contribution < -0.4 is 5.32 Å². The predicted molar refractivity (Wildman–Crippen MR) is 66.6 cm³/mol. The number of nitrogens with one attached hydrogen (secondary N) is 1. The Morgan fingerprint density at radius 2 is 2.31 bits per heavy atom. The van der Waals surface area contributed by atoms with E-state index in [1.54, 1.807) is 0 Å². The second-order valence-electron chi connectivity index (χ2n) is 3.83. The van der Waals surface area contributed by atoms with Gasteiger partial charge >= 0.3 is 0 Å². The van der Waals surface area contributed by atoms with E-state index in [-0.39, 0.29) is 6.04 Å². The van der Waals surface area contributed by atoms with E-state index in [2.05, 4.69) is 21.2 Å². The third-order valence-corrected chi connectivity index (χ3v) is 3.47. The van der Waals surface area contributed by atoms with Crippen molar-refractivity contribution in [2.75, 3.05) is 13.2 Å². The van der Waals surface area contributed by atoms with Gasteiger partial charge in [-0.2, -0.15) is 0 Å². The lowest BCUT2D eigenvalue weighted by Gasteiger charge is -2.15. The topological polar surface area (TPSA) is 41.5 Å². The average molecular weight is 307 g/mol. The molecule has 0 bridgehead atoms. The molecule has 3 nitrogen and oxygen atoms in total. The maximum atomic E-state index is 9.55. The van der Waals surface area contributed by atoms with Crippen LogP contribution in [0, 0.1) is 0 Å². The monoisotopic (exact) mass is 305 g/mol. The zero-order valence-corrected chi connectivity index (χ0v) is 11.0. The van der Waals surface area contributed by atoms with Crippen molar-refractivity contribution in [3.05, 3.63) is 33.3 Å². The van der Waals surface area contributed by atoms with Gasteiger partial charge in [-0.15, -0.1) is 0 Å². The summed E-state index contributed by atoms with van der Waals surface area (Å²) in [4.78, 5) is 0.